The maximum Gasteiger partial charge on any atom is 0.277 e. The lowest BCUT2D eigenvalue weighted by Gasteiger charge is -1.83. The van der Waals surface area contributed by atoms with Gasteiger partial charge in [-0.1, -0.05) is 3.67 Å². The molecule has 1 rings (SSSR count). The normalized spacial score (nSPS) is 15.4. The average molecular weight is 249 g/mol. The van der Waals surface area contributed by atoms with E-state index in [0.717, 1.165) is 0 Å². The van der Waals surface area contributed by atoms with Gasteiger partial charge in [-0.05, 0) is 30.9 Å². The molecule has 0 fully saturated rings. The van der Waals surface area contributed by atoms with Gasteiger partial charge in [-0.25, -0.2) is 0 Å². The van der Waals surface area contributed by atoms with Crippen molar-refractivity contribution in [1.29, 1.82) is 0 Å². The fourth-order valence-corrected chi connectivity index (χ4v) is 1.58. The monoisotopic (exact) mass is 249 g/mol. The summed E-state index contributed by atoms with van der Waals surface area (Å²) in [5.41, 5.74) is 0.119. The molecule has 0 saturated carbocycles. The van der Waals surface area contributed by atoms with E-state index in [-0.39, 0.29) is 26.4 Å². The van der Waals surface area contributed by atoms with Gasteiger partial charge in [0.05, 0.1) is 11.0 Å². The molecule has 0 atom stereocenters. The first-order valence-electron chi connectivity index (χ1n) is 2.53. The summed E-state index contributed by atoms with van der Waals surface area (Å²) in [4.78, 5) is 9.74. The van der Waals surface area contributed by atoms with Gasteiger partial charge in [-0.3, -0.25) is 10.1 Å². The zero-order valence-corrected chi connectivity index (χ0v) is 7.11. The lowest BCUT2D eigenvalue weighted by atomic mass is 10.4. The molecule has 0 aromatic carbocycles. The predicted octanol–water partition coefficient (Wildman–Crippen LogP) is 1.60. The minimum atomic E-state index is -0.410. The molecule has 0 spiro atoms. The molecule has 3 nitrogen and oxygen atoms in total. The van der Waals surface area contributed by atoms with Gasteiger partial charge in [-0.15, -0.1) is 0 Å². The van der Waals surface area contributed by atoms with Crippen molar-refractivity contribution in [2.45, 2.75) is 0 Å². The number of allylic oxidation sites excluding steroid dienone is 3. The Morgan fingerprint density at radius 1 is 1.70 bits per heavy atom. The van der Waals surface area contributed by atoms with Gasteiger partial charge in [0.15, 0.2) is 0 Å². The van der Waals surface area contributed by atoms with Crippen LogP contribution in [0.5, 0.6) is 0 Å². The molecule has 1 heterocycles. The lowest BCUT2D eigenvalue weighted by molar-refractivity contribution is -0.418. The maximum atomic E-state index is 10.2. The fourth-order valence-electron chi connectivity index (χ4n) is 0.457. The fraction of sp³-hybridized carbons (Fsp3) is 0. The molecule has 0 unspecified atom stereocenters. The van der Waals surface area contributed by atoms with Crippen LogP contribution in [0.1, 0.15) is 0 Å². The summed E-state index contributed by atoms with van der Waals surface area (Å²) in [6.45, 7) is 0. The highest BCUT2D eigenvalue weighted by Crippen LogP contribution is 2.04. The minimum Gasteiger partial charge on any atom is -0.258 e. The van der Waals surface area contributed by atoms with E-state index >= 15 is 0 Å². The number of hydrogen-bond donors (Lipinski definition) is 0. The van der Waals surface area contributed by atoms with Crippen molar-refractivity contribution in [3.63, 3.8) is 0 Å². The molecule has 0 aromatic rings. The Balaban J connectivity index is 2.97. The molecule has 0 bridgehead atoms. The molecule has 0 aromatic heterocycles. The van der Waals surface area contributed by atoms with Crippen LogP contribution in [0.4, 0.5) is 0 Å². The van der Waals surface area contributed by atoms with Crippen LogP contribution in [0.15, 0.2) is 28.0 Å². The molecule has 1 aliphatic rings. The van der Waals surface area contributed by atoms with Gasteiger partial charge >= 0.3 is 0 Å². The maximum absolute atomic E-state index is 10.2. The Hall–Kier alpha value is -0.740. The van der Waals surface area contributed by atoms with Crippen LogP contribution in [-0.4, -0.2) is 8.59 Å². The van der Waals surface area contributed by atoms with Crippen LogP contribution in [0.2, 0.25) is 0 Å². The summed E-state index contributed by atoms with van der Waals surface area (Å²) in [6.07, 6.45) is 4.63. The average Bonchev–Trinajstić information content (AvgIpc) is 2.12. The van der Waals surface area contributed by atoms with E-state index in [1.807, 2.05) is 4.08 Å². The van der Waals surface area contributed by atoms with Crippen molar-refractivity contribution in [2.75, 3.05) is 0 Å². The number of nitrogens with zero attached hydrogens (tertiary/aromatic N) is 1. The summed E-state index contributed by atoms with van der Waals surface area (Å²) in [6, 6.07) is 0. The second kappa shape index (κ2) is 3.43. The molecular formula is C6H4INO2. The van der Waals surface area contributed by atoms with Crippen LogP contribution in [-0.2, 0) is 0 Å². The van der Waals surface area contributed by atoms with Crippen molar-refractivity contribution >= 4 is 24.4 Å². The molecule has 0 amide bonds. The third kappa shape index (κ3) is 1.89. The van der Waals surface area contributed by atoms with E-state index in [2.05, 4.69) is 3.67 Å². The van der Waals surface area contributed by atoms with Gasteiger partial charge in [0, 0.05) is 6.08 Å². The van der Waals surface area contributed by atoms with Gasteiger partial charge in [0.1, 0.15) is 0 Å². The van der Waals surface area contributed by atoms with Gasteiger partial charge in [0.25, 0.3) is 5.70 Å². The Kier molecular flexibility index (Phi) is 2.53. The lowest BCUT2D eigenvalue weighted by Crippen LogP contribution is -1.93. The van der Waals surface area contributed by atoms with E-state index in [1.165, 1.54) is 12.2 Å². The smallest absolute Gasteiger partial charge is 0.258 e. The summed E-state index contributed by atoms with van der Waals surface area (Å²) in [5, 5.41) is 10.2. The highest BCUT2D eigenvalue weighted by molar-refractivity contribution is 14.2. The second-order valence-corrected chi connectivity index (χ2v) is 3.49. The third-order valence-corrected chi connectivity index (χ3v) is 2.32. The van der Waals surface area contributed by atoms with E-state index < -0.39 is 4.92 Å². The van der Waals surface area contributed by atoms with E-state index in [4.69, 9.17) is 0 Å². The first-order valence-corrected chi connectivity index (χ1v) is 4.85. The molecule has 10 heavy (non-hydrogen) atoms. The number of nitro groups is 1. The van der Waals surface area contributed by atoms with Gasteiger partial charge < -0.3 is 0 Å². The van der Waals surface area contributed by atoms with E-state index in [0.29, 0.717) is 0 Å². The van der Waals surface area contributed by atoms with Crippen molar-refractivity contribution in [1.82, 2.24) is 0 Å². The minimum absolute atomic E-state index is 0.119. The number of rotatable bonds is 1. The Bertz CT molecular complexity index is 271. The molecule has 1 aliphatic heterocycles. The van der Waals surface area contributed by atoms with Crippen molar-refractivity contribution in [2.24, 2.45) is 0 Å². The molecule has 4 heteroatoms. The van der Waals surface area contributed by atoms with Crippen LogP contribution < -0.4 is 0 Å². The first-order chi connectivity index (χ1) is 4.80. The first kappa shape index (κ1) is 7.37. The highest BCUT2D eigenvalue weighted by atomic mass is 127. The zero-order chi connectivity index (χ0) is 7.40. The highest BCUT2D eigenvalue weighted by Gasteiger charge is 2.02. The predicted molar refractivity (Wildman–Crippen MR) is 47.8 cm³/mol. The summed E-state index contributed by atoms with van der Waals surface area (Å²) in [7, 11) is 0. The van der Waals surface area contributed by atoms with Gasteiger partial charge in [0.2, 0.25) is 0 Å². The molecule has 0 radical (unpaired) electrons. The summed E-state index contributed by atoms with van der Waals surface area (Å²) in [5.74, 6) is 0. The summed E-state index contributed by atoms with van der Waals surface area (Å²) >= 11 is -0.208. The van der Waals surface area contributed by atoms with Crippen LogP contribution in [0, 0.1) is 10.1 Å². The van der Waals surface area contributed by atoms with E-state index in [1.54, 1.807) is 6.08 Å². The van der Waals surface area contributed by atoms with Gasteiger partial charge in [-0.2, -0.15) is 0 Å². The molecular weight excluding hydrogens is 245 g/mol. The molecule has 0 N–H and O–H groups in total. The van der Waals surface area contributed by atoms with Crippen molar-refractivity contribution in [3.8, 4) is 0 Å². The Labute approximate surface area is 67.6 Å². The number of hydrogen-bond acceptors (Lipinski definition) is 2. The standard InChI is InChI=1S/C6H4INO2/c9-8(10)6-2-1-4-7-5-3-6/h1-4H. The second-order valence-electron chi connectivity index (χ2n) is 1.53. The van der Waals surface area contributed by atoms with Crippen LogP contribution >= 0.6 is 20.7 Å². The molecule has 52 valence electrons. The van der Waals surface area contributed by atoms with E-state index in [9.17, 15) is 10.1 Å². The Morgan fingerprint density at radius 2 is 2.50 bits per heavy atom. The zero-order valence-electron chi connectivity index (χ0n) is 4.95. The Morgan fingerprint density at radius 3 is 3.20 bits per heavy atom. The topological polar surface area (TPSA) is 43.1 Å². The largest absolute Gasteiger partial charge is 0.277 e. The molecule has 0 saturated heterocycles. The summed E-state index contributed by atoms with van der Waals surface area (Å²) < 4.78 is 4.79. The van der Waals surface area contributed by atoms with Crippen molar-refractivity contribution in [3.05, 3.63) is 38.1 Å². The quantitative estimate of drug-likeness (QED) is 0.402. The SMILES string of the molecule is O=[N+]([O-])C1=CC=CI=C=C1. The third-order valence-electron chi connectivity index (χ3n) is 0.879. The van der Waals surface area contributed by atoms with Crippen LogP contribution in [0.3, 0.4) is 0 Å². The van der Waals surface area contributed by atoms with Crippen molar-refractivity contribution < 1.29 is 4.92 Å². The van der Waals surface area contributed by atoms with Crippen LogP contribution in [0.25, 0.3) is 0 Å². The number of halogens is 1. The molecule has 0 aliphatic carbocycles.